The van der Waals surface area contributed by atoms with Crippen LogP contribution in [0.5, 0.6) is 0 Å². The second kappa shape index (κ2) is 11.7. The van der Waals surface area contributed by atoms with E-state index in [4.69, 9.17) is 4.99 Å². The van der Waals surface area contributed by atoms with Gasteiger partial charge in [-0.1, -0.05) is 121 Å². The van der Waals surface area contributed by atoms with Gasteiger partial charge in [0, 0.05) is 16.8 Å². The number of allylic oxidation sites excluding steroid dienone is 1. The highest BCUT2D eigenvalue weighted by atomic mass is 32.1. The van der Waals surface area contributed by atoms with Gasteiger partial charge in [-0.25, -0.2) is 4.99 Å². The van der Waals surface area contributed by atoms with Gasteiger partial charge in [0.05, 0.1) is 16.3 Å². The smallest absolute Gasteiger partial charge is 0.271 e. The highest BCUT2D eigenvalue weighted by Gasteiger charge is 2.32. The molecule has 1 amide bonds. The minimum atomic E-state index is -0.235. The number of anilines is 1. The number of carbonyl (C=O) groups excluding carboxylic acids is 1. The summed E-state index contributed by atoms with van der Waals surface area (Å²) in [6, 6.07) is 43.9. The van der Waals surface area contributed by atoms with Crippen LogP contribution in [-0.2, 0) is 6.42 Å². The first-order chi connectivity index (χ1) is 22.6. The van der Waals surface area contributed by atoms with E-state index in [0.717, 1.165) is 63.2 Å². The minimum absolute atomic E-state index is 0.0268. The molecule has 6 aromatic rings. The molecule has 1 aliphatic heterocycles. The lowest BCUT2D eigenvalue weighted by molar-refractivity contribution is 0.102. The fraction of sp³-hybridized carbons (Fsp3) is 0.0750. The third kappa shape index (κ3) is 5.13. The third-order valence-corrected chi connectivity index (χ3v) is 9.67. The molecule has 0 saturated carbocycles. The summed E-state index contributed by atoms with van der Waals surface area (Å²) in [6.45, 7) is 0. The normalized spacial score (nSPS) is 15.4. The van der Waals surface area contributed by atoms with E-state index in [-0.39, 0.29) is 17.5 Å². The second-order valence-corrected chi connectivity index (χ2v) is 12.6. The van der Waals surface area contributed by atoms with Gasteiger partial charge >= 0.3 is 0 Å². The number of aryl methyl sites for hydroxylation is 1. The predicted molar refractivity (Wildman–Crippen MR) is 185 cm³/mol. The Morgan fingerprint density at radius 1 is 0.783 bits per heavy atom. The molecule has 2 heterocycles. The van der Waals surface area contributed by atoms with Crippen LogP contribution >= 0.6 is 11.3 Å². The zero-order valence-corrected chi connectivity index (χ0v) is 25.7. The first-order valence-corrected chi connectivity index (χ1v) is 16.2. The average molecular weight is 616 g/mol. The van der Waals surface area contributed by atoms with Crippen molar-refractivity contribution in [2.24, 2.45) is 4.99 Å². The van der Waals surface area contributed by atoms with Crippen molar-refractivity contribution < 1.29 is 4.79 Å². The first kappa shape index (κ1) is 27.9. The molecule has 5 nitrogen and oxygen atoms in total. The Morgan fingerprint density at radius 3 is 2.20 bits per heavy atom. The van der Waals surface area contributed by atoms with Crippen LogP contribution in [-0.4, -0.2) is 10.5 Å². The molecule has 6 heteroatoms. The Balaban J connectivity index is 1.20. The van der Waals surface area contributed by atoms with Crippen LogP contribution in [0, 0.1) is 0 Å². The number of thiazole rings is 1. The van der Waals surface area contributed by atoms with E-state index in [0.29, 0.717) is 14.9 Å². The van der Waals surface area contributed by atoms with Gasteiger partial charge in [-0.05, 0) is 76.6 Å². The molecule has 222 valence electrons. The van der Waals surface area contributed by atoms with Gasteiger partial charge in [-0.3, -0.25) is 14.2 Å². The highest BCUT2D eigenvalue weighted by molar-refractivity contribution is 7.07. The monoisotopic (exact) mass is 615 g/mol. The molecule has 1 N–H and O–H groups in total. The lowest BCUT2D eigenvalue weighted by atomic mass is 9.83. The Morgan fingerprint density at radius 2 is 1.46 bits per heavy atom. The Labute approximate surface area is 270 Å². The highest BCUT2D eigenvalue weighted by Crippen LogP contribution is 2.42. The topological polar surface area (TPSA) is 63.5 Å². The number of benzene rings is 5. The van der Waals surface area contributed by atoms with Gasteiger partial charge in [0.2, 0.25) is 0 Å². The van der Waals surface area contributed by atoms with Crippen LogP contribution in [0.4, 0.5) is 5.69 Å². The molecule has 0 bridgehead atoms. The van der Waals surface area contributed by atoms with E-state index in [1.807, 2.05) is 83.4 Å². The number of carbonyl (C=O) groups is 1. The van der Waals surface area contributed by atoms with E-state index >= 15 is 0 Å². The number of rotatable bonds is 5. The summed E-state index contributed by atoms with van der Waals surface area (Å²) in [5.74, 6) is -0.135. The van der Waals surface area contributed by atoms with Gasteiger partial charge in [-0.2, -0.15) is 0 Å². The fourth-order valence-electron chi connectivity index (χ4n) is 6.44. The Hall–Kier alpha value is -5.59. The van der Waals surface area contributed by atoms with Crippen LogP contribution in [0.3, 0.4) is 0 Å². The average Bonchev–Trinajstić information content (AvgIpc) is 3.42. The number of nitrogens with zero attached hydrogens (tertiary/aromatic N) is 2. The summed E-state index contributed by atoms with van der Waals surface area (Å²) in [4.78, 5) is 32.8. The van der Waals surface area contributed by atoms with E-state index in [1.165, 1.54) is 11.3 Å². The summed E-state index contributed by atoms with van der Waals surface area (Å²) in [5.41, 5.74) is 9.95. The maximum absolute atomic E-state index is 14.1. The molecule has 0 saturated heterocycles. The third-order valence-electron chi connectivity index (χ3n) is 8.69. The molecule has 1 aliphatic carbocycles. The maximum atomic E-state index is 14.1. The number of hydrogen-bond acceptors (Lipinski definition) is 4. The van der Waals surface area contributed by atoms with Gasteiger partial charge in [0.25, 0.3) is 11.5 Å². The van der Waals surface area contributed by atoms with Gasteiger partial charge < -0.3 is 5.32 Å². The van der Waals surface area contributed by atoms with Crippen molar-refractivity contribution in [1.29, 1.82) is 0 Å². The quantitative estimate of drug-likeness (QED) is 0.222. The van der Waals surface area contributed by atoms with Gasteiger partial charge in [-0.15, -0.1) is 0 Å². The minimum Gasteiger partial charge on any atom is -0.322 e. The largest absolute Gasteiger partial charge is 0.322 e. The molecular weight excluding hydrogens is 587 g/mol. The molecule has 2 aliphatic rings. The summed E-state index contributed by atoms with van der Waals surface area (Å²) in [6.07, 6.45) is 3.53. The van der Waals surface area contributed by atoms with Crippen molar-refractivity contribution in [1.82, 2.24) is 4.57 Å². The maximum Gasteiger partial charge on any atom is 0.271 e. The molecule has 1 atom stereocenters. The van der Waals surface area contributed by atoms with Crippen molar-refractivity contribution in [3.8, 4) is 11.1 Å². The fourth-order valence-corrected chi connectivity index (χ4v) is 7.45. The van der Waals surface area contributed by atoms with Crippen LogP contribution in [0.15, 0.2) is 149 Å². The summed E-state index contributed by atoms with van der Waals surface area (Å²) in [5, 5.41) is 3.04. The van der Waals surface area contributed by atoms with Gasteiger partial charge in [0.15, 0.2) is 4.80 Å². The van der Waals surface area contributed by atoms with Gasteiger partial charge in [0.1, 0.15) is 0 Å². The van der Waals surface area contributed by atoms with E-state index in [9.17, 15) is 9.59 Å². The summed E-state index contributed by atoms with van der Waals surface area (Å²) >= 11 is 1.43. The second-order valence-electron chi connectivity index (χ2n) is 11.5. The first-order valence-electron chi connectivity index (χ1n) is 15.4. The zero-order chi connectivity index (χ0) is 31.0. The molecular formula is C40H29N3O2S. The molecule has 8 rings (SSSR count). The lowest BCUT2D eigenvalue weighted by Crippen LogP contribution is -2.38. The Bertz CT molecular complexity index is 2300. The summed E-state index contributed by atoms with van der Waals surface area (Å²) in [7, 11) is 0. The van der Waals surface area contributed by atoms with E-state index < -0.39 is 0 Å². The number of nitrogens with one attached hydrogen (secondary N) is 1. The van der Waals surface area contributed by atoms with Crippen molar-refractivity contribution in [3.05, 3.63) is 187 Å². The Kier molecular flexibility index (Phi) is 7.12. The summed E-state index contributed by atoms with van der Waals surface area (Å²) < 4.78 is 2.54. The number of amides is 1. The van der Waals surface area contributed by atoms with Crippen LogP contribution in [0.1, 0.15) is 45.1 Å². The molecule has 5 aromatic carbocycles. The number of fused-ring (bicyclic) bond motifs is 3. The predicted octanol–water partition coefficient (Wildman–Crippen LogP) is 7.24. The molecule has 46 heavy (non-hydrogen) atoms. The molecule has 1 aromatic heterocycles. The van der Waals surface area contributed by atoms with E-state index in [2.05, 4.69) is 66.0 Å². The zero-order valence-electron chi connectivity index (χ0n) is 24.9. The van der Waals surface area contributed by atoms with Crippen molar-refractivity contribution >= 4 is 34.7 Å². The SMILES string of the molecule is O=C(Nc1ccc2c(c1)CCC1=C2N=c2s/c(=C/c3ccc(-c4ccccc4)cc3)c(=O)n2C1c1ccccc1)c1ccccc1. The van der Waals surface area contributed by atoms with Crippen LogP contribution in [0.25, 0.3) is 22.9 Å². The molecule has 1 unspecified atom stereocenters. The van der Waals surface area contributed by atoms with Crippen molar-refractivity contribution in [2.45, 2.75) is 18.9 Å². The van der Waals surface area contributed by atoms with Crippen molar-refractivity contribution in [2.75, 3.05) is 5.32 Å². The molecule has 0 spiro atoms. The number of aromatic nitrogens is 1. The number of hydrogen-bond donors (Lipinski definition) is 1. The molecule has 0 fully saturated rings. The van der Waals surface area contributed by atoms with E-state index in [1.54, 1.807) is 0 Å². The van der Waals surface area contributed by atoms with Crippen LogP contribution in [0.2, 0.25) is 0 Å². The lowest BCUT2D eigenvalue weighted by Gasteiger charge is -2.31. The standard InChI is InChI=1S/C40H29N3O2S/c44-38(30-14-8-3-9-15-30)41-32-21-23-33-31(25-32)20-22-34-36(33)42-40-43(37(34)29-12-6-2-7-13-29)39(45)35(46-40)24-26-16-18-28(19-17-26)27-10-4-1-5-11-27/h1-19,21,23-25,37H,20,22H2,(H,41,44)/b35-24+. The van der Waals surface area contributed by atoms with Crippen LogP contribution < -0.4 is 20.2 Å². The van der Waals surface area contributed by atoms with Crippen molar-refractivity contribution in [3.63, 3.8) is 0 Å². The molecule has 0 radical (unpaired) electrons.